The summed E-state index contributed by atoms with van der Waals surface area (Å²) < 4.78 is 4.55. The van der Waals surface area contributed by atoms with E-state index in [0.29, 0.717) is 25.0 Å². The molecule has 3 N–H and O–H groups in total. The Balaban J connectivity index is 0. The molecule has 1 atom stereocenters. The average Bonchev–Trinajstić information content (AvgIpc) is 2.03. The highest BCUT2D eigenvalue weighted by Crippen LogP contribution is 2.06. The van der Waals surface area contributed by atoms with E-state index in [9.17, 15) is 0 Å². The summed E-state index contributed by atoms with van der Waals surface area (Å²) in [6, 6.07) is 0. The van der Waals surface area contributed by atoms with Crippen LogP contribution in [0.4, 0.5) is 0 Å². The topological polar surface area (TPSA) is 55.5 Å². The zero-order valence-corrected chi connectivity index (χ0v) is 9.73. The van der Waals surface area contributed by atoms with Crippen LogP contribution < -0.4 is 5.73 Å². The fourth-order valence-corrected chi connectivity index (χ4v) is 0.471. The summed E-state index contributed by atoms with van der Waals surface area (Å²) in [5.74, 6) is 1.07. The first-order chi connectivity index (χ1) is 5.95. The number of nitrogens with two attached hydrogens (primary N) is 1. The van der Waals surface area contributed by atoms with E-state index in [1.807, 2.05) is 13.8 Å². The molecule has 0 aromatic carbocycles. The standard InChI is InChI=1S/C6H14O.C3H7NOS/c1-5(2)6(3)4-7;1-2-5-3(4)6/h5-7H,4H2,1-3H3;2H2,1H3,(H2,4,6). The quantitative estimate of drug-likeness (QED) is 0.689. The van der Waals surface area contributed by atoms with E-state index < -0.39 is 0 Å². The van der Waals surface area contributed by atoms with Gasteiger partial charge in [0.15, 0.2) is 0 Å². The van der Waals surface area contributed by atoms with Crippen molar-refractivity contribution in [3.63, 3.8) is 0 Å². The van der Waals surface area contributed by atoms with Crippen LogP contribution in [-0.2, 0) is 4.74 Å². The van der Waals surface area contributed by atoms with Crippen molar-refractivity contribution in [2.45, 2.75) is 27.7 Å². The van der Waals surface area contributed by atoms with E-state index in [1.165, 1.54) is 0 Å². The van der Waals surface area contributed by atoms with Gasteiger partial charge in [-0.3, -0.25) is 0 Å². The number of thiocarbonyl (C=S) groups is 1. The number of aliphatic hydroxyl groups excluding tert-OH is 1. The highest BCUT2D eigenvalue weighted by atomic mass is 32.1. The average molecular weight is 207 g/mol. The van der Waals surface area contributed by atoms with Crippen LogP contribution in [0.25, 0.3) is 0 Å². The summed E-state index contributed by atoms with van der Waals surface area (Å²) >= 11 is 4.35. The van der Waals surface area contributed by atoms with Gasteiger partial charge in [0.05, 0.1) is 6.61 Å². The first kappa shape index (κ1) is 15.1. The number of ether oxygens (including phenoxy) is 1. The summed E-state index contributed by atoms with van der Waals surface area (Å²) in [4.78, 5) is 0. The molecular formula is C9H21NO2S. The van der Waals surface area contributed by atoms with Crippen LogP contribution in [0.3, 0.4) is 0 Å². The van der Waals surface area contributed by atoms with Gasteiger partial charge >= 0.3 is 0 Å². The highest BCUT2D eigenvalue weighted by molar-refractivity contribution is 7.80. The monoisotopic (exact) mass is 207 g/mol. The molecule has 0 aliphatic carbocycles. The van der Waals surface area contributed by atoms with E-state index in [0.717, 1.165) is 0 Å². The van der Waals surface area contributed by atoms with Crippen molar-refractivity contribution in [2.24, 2.45) is 17.6 Å². The lowest BCUT2D eigenvalue weighted by Gasteiger charge is -2.09. The minimum Gasteiger partial charge on any atom is -0.472 e. The van der Waals surface area contributed by atoms with Crippen molar-refractivity contribution in [1.29, 1.82) is 0 Å². The molecule has 0 aliphatic heterocycles. The van der Waals surface area contributed by atoms with Gasteiger partial charge in [-0.1, -0.05) is 20.8 Å². The second kappa shape index (κ2) is 9.74. The molecular weight excluding hydrogens is 186 g/mol. The van der Waals surface area contributed by atoms with Gasteiger partial charge in [0.2, 0.25) is 0 Å². The third-order valence-corrected chi connectivity index (χ3v) is 1.83. The van der Waals surface area contributed by atoms with Gasteiger partial charge in [-0.15, -0.1) is 0 Å². The summed E-state index contributed by atoms with van der Waals surface area (Å²) in [5.41, 5.74) is 4.91. The molecule has 4 heteroatoms. The maximum absolute atomic E-state index is 8.51. The first-order valence-corrected chi connectivity index (χ1v) is 4.89. The van der Waals surface area contributed by atoms with E-state index >= 15 is 0 Å². The molecule has 0 aliphatic rings. The lowest BCUT2D eigenvalue weighted by atomic mass is 10.00. The predicted octanol–water partition coefficient (Wildman–Crippen LogP) is 1.54. The van der Waals surface area contributed by atoms with Gasteiger partial charge in [-0.25, -0.2) is 0 Å². The number of aliphatic hydroxyl groups is 1. The SMILES string of the molecule is CC(C)C(C)CO.CCOC(N)=S. The Hall–Kier alpha value is -0.350. The number of hydrogen-bond donors (Lipinski definition) is 2. The third kappa shape index (κ3) is 14.5. The molecule has 0 spiro atoms. The second-order valence-corrected chi connectivity index (χ2v) is 3.56. The molecule has 0 saturated heterocycles. The molecule has 1 unspecified atom stereocenters. The zero-order chi connectivity index (χ0) is 10.9. The van der Waals surface area contributed by atoms with Crippen LogP contribution >= 0.6 is 12.2 Å². The predicted molar refractivity (Wildman–Crippen MR) is 59.5 cm³/mol. The normalized spacial score (nSPS) is 11.5. The first-order valence-electron chi connectivity index (χ1n) is 4.48. The Bertz CT molecular complexity index is 129. The Morgan fingerprint density at radius 3 is 1.92 bits per heavy atom. The Morgan fingerprint density at radius 1 is 1.46 bits per heavy atom. The number of rotatable bonds is 3. The fourth-order valence-electron chi connectivity index (χ4n) is 0.353. The molecule has 0 amide bonds. The lowest BCUT2D eigenvalue weighted by molar-refractivity contribution is 0.203. The van der Waals surface area contributed by atoms with Crippen molar-refractivity contribution >= 4 is 17.4 Å². The van der Waals surface area contributed by atoms with Crippen LogP contribution in [-0.4, -0.2) is 23.5 Å². The molecule has 13 heavy (non-hydrogen) atoms. The molecule has 0 saturated carbocycles. The summed E-state index contributed by atoms with van der Waals surface area (Å²) in [6.07, 6.45) is 0. The van der Waals surface area contributed by atoms with Crippen molar-refractivity contribution in [3.05, 3.63) is 0 Å². The molecule has 0 aromatic rings. The van der Waals surface area contributed by atoms with E-state index in [4.69, 9.17) is 10.8 Å². The van der Waals surface area contributed by atoms with Crippen molar-refractivity contribution in [2.75, 3.05) is 13.2 Å². The maximum atomic E-state index is 8.51. The van der Waals surface area contributed by atoms with Gasteiger partial charge in [-0.05, 0) is 31.0 Å². The maximum Gasteiger partial charge on any atom is 0.253 e. The van der Waals surface area contributed by atoms with Gasteiger partial charge in [0.25, 0.3) is 5.17 Å². The molecule has 0 radical (unpaired) electrons. The second-order valence-electron chi connectivity index (χ2n) is 3.16. The Morgan fingerprint density at radius 2 is 1.92 bits per heavy atom. The minimum absolute atomic E-state index is 0.123. The summed E-state index contributed by atoms with van der Waals surface area (Å²) in [7, 11) is 0. The van der Waals surface area contributed by atoms with Crippen LogP contribution in [0, 0.1) is 11.8 Å². The largest absolute Gasteiger partial charge is 0.472 e. The van der Waals surface area contributed by atoms with Crippen molar-refractivity contribution < 1.29 is 9.84 Å². The van der Waals surface area contributed by atoms with Crippen LogP contribution in [0.5, 0.6) is 0 Å². The smallest absolute Gasteiger partial charge is 0.253 e. The van der Waals surface area contributed by atoms with Gasteiger partial charge in [0.1, 0.15) is 0 Å². The van der Waals surface area contributed by atoms with E-state index in [-0.39, 0.29) is 5.17 Å². The van der Waals surface area contributed by atoms with Gasteiger partial charge in [-0.2, -0.15) is 0 Å². The Labute approximate surface area is 86.3 Å². The zero-order valence-electron chi connectivity index (χ0n) is 8.91. The third-order valence-electron chi connectivity index (χ3n) is 1.71. The molecule has 80 valence electrons. The van der Waals surface area contributed by atoms with E-state index in [2.05, 4.69) is 30.8 Å². The Kier molecular flexibility index (Phi) is 11.3. The highest BCUT2D eigenvalue weighted by Gasteiger charge is 2.02. The molecule has 0 heterocycles. The van der Waals surface area contributed by atoms with Gasteiger partial charge in [0, 0.05) is 6.61 Å². The van der Waals surface area contributed by atoms with Gasteiger partial charge < -0.3 is 15.6 Å². The molecule has 0 rings (SSSR count). The summed E-state index contributed by atoms with van der Waals surface area (Å²) in [5, 5.41) is 8.63. The molecule has 0 bridgehead atoms. The molecule has 0 fully saturated rings. The summed E-state index contributed by atoms with van der Waals surface area (Å²) in [6.45, 7) is 8.98. The van der Waals surface area contributed by atoms with Crippen LogP contribution in [0.15, 0.2) is 0 Å². The van der Waals surface area contributed by atoms with Crippen molar-refractivity contribution in [3.8, 4) is 0 Å². The molecule has 0 aromatic heterocycles. The lowest BCUT2D eigenvalue weighted by Crippen LogP contribution is -2.11. The van der Waals surface area contributed by atoms with E-state index in [1.54, 1.807) is 0 Å². The van der Waals surface area contributed by atoms with Crippen LogP contribution in [0.2, 0.25) is 0 Å². The van der Waals surface area contributed by atoms with Crippen molar-refractivity contribution in [1.82, 2.24) is 0 Å². The molecule has 3 nitrogen and oxygen atoms in total. The fraction of sp³-hybridized carbons (Fsp3) is 0.889. The van der Waals surface area contributed by atoms with Crippen LogP contribution in [0.1, 0.15) is 27.7 Å². The number of hydrogen-bond acceptors (Lipinski definition) is 3. The minimum atomic E-state index is 0.123.